The van der Waals surface area contributed by atoms with Crippen LogP contribution in [0, 0.1) is 34.5 Å². The lowest BCUT2D eigenvalue weighted by molar-refractivity contribution is -0.125. The lowest BCUT2D eigenvalue weighted by atomic mass is 9.43. The molecule has 4 aliphatic carbocycles. The van der Waals surface area contributed by atoms with Crippen molar-refractivity contribution in [2.45, 2.75) is 57.8 Å². The van der Waals surface area contributed by atoms with E-state index in [9.17, 15) is 8.42 Å². The minimum absolute atomic E-state index is 0.195. The Kier molecular flexibility index (Phi) is 4.08. The molecule has 0 saturated heterocycles. The molecule has 4 heteroatoms. The Morgan fingerprint density at radius 1 is 1.04 bits per heavy atom. The molecule has 4 saturated carbocycles. The average Bonchev–Trinajstić information content (AvgIpc) is 2.52. The molecule has 4 bridgehead atoms. The molecule has 0 spiro atoms. The Labute approximate surface area is 152 Å². The summed E-state index contributed by atoms with van der Waals surface area (Å²) in [6, 6.07) is 8.78. The molecular formula is C21H31NO2S. The van der Waals surface area contributed by atoms with Crippen LogP contribution in [0.5, 0.6) is 0 Å². The molecule has 0 aromatic heterocycles. The summed E-state index contributed by atoms with van der Waals surface area (Å²) in [4.78, 5) is 0.382. The first-order chi connectivity index (χ1) is 11.7. The fourth-order valence-electron chi connectivity index (χ4n) is 6.75. The molecule has 1 N–H and O–H groups in total. The van der Waals surface area contributed by atoms with Crippen LogP contribution in [0.4, 0.5) is 0 Å². The van der Waals surface area contributed by atoms with E-state index < -0.39 is 10.0 Å². The van der Waals surface area contributed by atoms with E-state index in [4.69, 9.17) is 0 Å². The van der Waals surface area contributed by atoms with Gasteiger partial charge >= 0.3 is 0 Å². The molecule has 0 radical (unpaired) electrons. The van der Waals surface area contributed by atoms with Crippen LogP contribution in [-0.2, 0) is 10.0 Å². The summed E-state index contributed by atoms with van der Waals surface area (Å²) in [5, 5.41) is 0. The number of hydrogen-bond acceptors (Lipinski definition) is 2. The van der Waals surface area contributed by atoms with Crippen LogP contribution in [0.3, 0.4) is 0 Å². The molecule has 4 aliphatic rings. The Morgan fingerprint density at radius 2 is 1.64 bits per heavy atom. The third-order valence-corrected chi connectivity index (χ3v) is 8.51. The third-order valence-electron chi connectivity index (χ3n) is 7.09. The molecule has 0 aliphatic heterocycles. The molecule has 25 heavy (non-hydrogen) atoms. The van der Waals surface area contributed by atoms with Gasteiger partial charge in [-0.05, 0) is 78.7 Å². The summed E-state index contributed by atoms with van der Waals surface area (Å²) in [6.45, 7) is 7.80. The van der Waals surface area contributed by atoms with Crippen LogP contribution < -0.4 is 4.72 Å². The molecule has 2 unspecified atom stereocenters. The van der Waals surface area contributed by atoms with Crippen LogP contribution in [0.25, 0.3) is 0 Å². The van der Waals surface area contributed by atoms with Gasteiger partial charge in [0.2, 0.25) is 10.0 Å². The number of rotatable bonds is 4. The zero-order valence-electron chi connectivity index (χ0n) is 15.7. The first kappa shape index (κ1) is 17.5. The fourth-order valence-corrected chi connectivity index (χ4v) is 7.93. The molecule has 138 valence electrons. The van der Waals surface area contributed by atoms with Gasteiger partial charge in [-0.25, -0.2) is 13.1 Å². The van der Waals surface area contributed by atoms with Crippen LogP contribution in [0.15, 0.2) is 35.2 Å². The number of hydrogen-bond donors (Lipinski definition) is 1. The summed E-state index contributed by atoms with van der Waals surface area (Å²) in [7, 11) is -3.40. The topological polar surface area (TPSA) is 46.2 Å². The van der Waals surface area contributed by atoms with Crippen molar-refractivity contribution >= 4 is 10.0 Å². The molecule has 2 atom stereocenters. The monoisotopic (exact) mass is 361 g/mol. The van der Waals surface area contributed by atoms with Crippen molar-refractivity contribution in [3.63, 3.8) is 0 Å². The van der Waals surface area contributed by atoms with Crippen molar-refractivity contribution in [2.24, 2.45) is 34.5 Å². The molecule has 1 aromatic rings. The maximum atomic E-state index is 12.6. The second-order valence-electron chi connectivity index (χ2n) is 10.00. The van der Waals surface area contributed by atoms with E-state index in [0.29, 0.717) is 16.9 Å². The number of nitrogens with one attached hydrogen (secondary N) is 1. The summed E-state index contributed by atoms with van der Waals surface area (Å²) < 4.78 is 28.2. The van der Waals surface area contributed by atoms with E-state index in [1.54, 1.807) is 24.3 Å². The zero-order valence-corrected chi connectivity index (χ0v) is 16.5. The van der Waals surface area contributed by atoms with E-state index in [1.807, 2.05) is 6.07 Å². The maximum absolute atomic E-state index is 12.6. The van der Waals surface area contributed by atoms with Crippen molar-refractivity contribution in [1.29, 1.82) is 0 Å². The van der Waals surface area contributed by atoms with Gasteiger partial charge in [0, 0.05) is 6.54 Å². The Hall–Kier alpha value is -0.870. The maximum Gasteiger partial charge on any atom is 0.240 e. The highest BCUT2D eigenvalue weighted by molar-refractivity contribution is 7.89. The third kappa shape index (κ3) is 3.16. The first-order valence-corrected chi connectivity index (χ1v) is 11.2. The molecule has 0 heterocycles. The van der Waals surface area contributed by atoms with Crippen LogP contribution >= 0.6 is 0 Å². The van der Waals surface area contributed by atoms with E-state index in [-0.39, 0.29) is 5.41 Å². The van der Waals surface area contributed by atoms with Crippen LogP contribution in [-0.4, -0.2) is 15.0 Å². The molecule has 1 aromatic carbocycles. The van der Waals surface area contributed by atoms with E-state index >= 15 is 0 Å². The van der Waals surface area contributed by atoms with Crippen molar-refractivity contribution in [2.75, 3.05) is 6.54 Å². The van der Waals surface area contributed by atoms with E-state index in [0.717, 1.165) is 23.7 Å². The summed E-state index contributed by atoms with van der Waals surface area (Å²) >= 11 is 0. The van der Waals surface area contributed by atoms with Crippen molar-refractivity contribution in [3.05, 3.63) is 30.3 Å². The lowest BCUT2D eigenvalue weighted by Gasteiger charge is -2.63. The number of sulfonamides is 1. The molecule has 0 amide bonds. The van der Waals surface area contributed by atoms with Gasteiger partial charge in [0.15, 0.2) is 0 Å². The Morgan fingerprint density at radius 3 is 2.20 bits per heavy atom. The summed E-state index contributed by atoms with van der Waals surface area (Å²) in [5.41, 5.74) is 0.563. The SMILES string of the molecule is CC(C)(C)C1C2CC3CC1CC(CNS(=O)(=O)c1ccccc1)(C3)C2. The Balaban J connectivity index is 1.51. The minimum atomic E-state index is -3.40. The highest BCUT2D eigenvalue weighted by atomic mass is 32.2. The minimum Gasteiger partial charge on any atom is -0.211 e. The largest absolute Gasteiger partial charge is 0.240 e. The van der Waals surface area contributed by atoms with E-state index in [1.165, 1.54) is 32.1 Å². The highest BCUT2D eigenvalue weighted by Gasteiger charge is 2.57. The van der Waals surface area contributed by atoms with Crippen molar-refractivity contribution in [3.8, 4) is 0 Å². The predicted molar refractivity (Wildman–Crippen MR) is 101 cm³/mol. The van der Waals surface area contributed by atoms with Gasteiger partial charge < -0.3 is 0 Å². The smallest absolute Gasteiger partial charge is 0.211 e. The standard InChI is InChI=1S/C21H31NO2S/c1-20(2,3)19-16-9-15-10-17(19)13-21(11-15,12-16)14-22-25(23,24)18-7-5-4-6-8-18/h4-8,15-17,19,22H,9-14H2,1-3H3. The second-order valence-corrected chi connectivity index (χ2v) is 11.8. The van der Waals surface area contributed by atoms with Gasteiger partial charge in [0.05, 0.1) is 4.90 Å². The highest BCUT2D eigenvalue weighted by Crippen LogP contribution is 2.65. The lowest BCUT2D eigenvalue weighted by Crippen LogP contribution is -2.57. The fraction of sp³-hybridized carbons (Fsp3) is 0.714. The predicted octanol–water partition coefficient (Wildman–Crippen LogP) is 4.45. The van der Waals surface area contributed by atoms with Gasteiger partial charge in [-0.3, -0.25) is 0 Å². The van der Waals surface area contributed by atoms with Gasteiger partial charge in [0.25, 0.3) is 0 Å². The van der Waals surface area contributed by atoms with E-state index in [2.05, 4.69) is 25.5 Å². The van der Waals surface area contributed by atoms with Crippen LogP contribution in [0.1, 0.15) is 52.9 Å². The normalized spacial score (nSPS) is 37.4. The van der Waals surface area contributed by atoms with Gasteiger partial charge in [-0.15, -0.1) is 0 Å². The first-order valence-electron chi connectivity index (χ1n) is 9.73. The average molecular weight is 362 g/mol. The number of benzene rings is 1. The summed E-state index contributed by atoms with van der Waals surface area (Å²) in [5.74, 6) is 3.19. The van der Waals surface area contributed by atoms with Gasteiger partial charge in [-0.1, -0.05) is 39.0 Å². The summed E-state index contributed by atoms with van der Waals surface area (Å²) in [6.07, 6.45) is 6.36. The molecular weight excluding hydrogens is 330 g/mol. The zero-order chi connectivity index (χ0) is 17.9. The second kappa shape index (κ2) is 5.82. The van der Waals surface area contributed by atoms with Crippen molar-refractivity contribution in [1.82, 2.24) is 4.72 Å². The Bertz CT molecular complexity index is 719. The molecule has 3 nitrogen and oxygen atoms in total. The van der Waals surface area contributed by atoms with Gasteiger partial charge in [-0.2, -0.15) is 0 Å². The van der Waals surface area contributed by atoms with Gasteiger partial charge in [0.1, 0.15) is 0 Å². The molecule has 5 rings (SSSR count). The van der Waals surface area contributed by atoms with Crippen LogP contribution in [0.2, 0.25) is 0 Å². The molecule has 4 fully saturated rings. The quantitative estimate of drug-likeness (QED) is 0.861. The van der Waals surface area contributed by atoms with Crippen molar-refractivity contribution < 1.29 is 8.42 Å².